The van der Waals surface area contributed by atoms with Gasteiger partial charge in [0.05, 0.1) is 0 Å². The van der Waals surface area contributed by atoms with E-state index < -0.39 is 0 Å². The quantitative estimate of drug-likeness (QED) is 0.505. The predicted molar refractivity (Wildman–Crippen MR) is 107 cm³/mol. The van der Waals surface area contributed by atoms with E-state index >= 15 is 0 Å². The first-order valence-electron chi connectivity index (χ1n) is 10.4. The largest absolute Gasteiger partial charge is 0.326 e. The molecule has 1 aromatic carbocycles. The van der Waals surface area contributed by atoms with Gasteiger partial charge in [0.2, 0.25) is 5.91 Å². The normalized spacial score (nSPS) is 16.9. The zero-order chi connectivity index (χ0) is 17.7. The average Bonchev–Trinajstić information content (AvgIpc) is 3.11. The van der Waals surface area contributed by atoms with Crippen LogP contribution in [0, 0.1) is 5.92 Å². The van der Waals surface area contributed by atoms with E-state index in [2.05, 4.69) is 29.7 Å². The number of aryl methyl sites for hydroxylation is 1. The summed E-state index contributed by atoms with van der Waals surface area (Å²) < 4.78 is 0. The fourth-order valence-electron chi connectivity index (χ4n) is 3.58. The molecular formula is C22H36N2O. The summed E-state index contributed by atoms with van der Waals surface area (Å²) in [6, 6.07) is 8.41. The van der Waals surface area contributed by atoms with Gasteiger partial charge in [0.15, 0.2) is 0 Å². The summed E-state index contributed by atoms with van der Waals surface area (Å²) in [6.07, 6.45) is 13.8. The Morgan fingerprint density at radius 2 is 1.72 bits per heavy atom. The molecule has 1 unspecified atom stereocenters. The van der Waals surface area contributed by atoms with Crippen molar-refractivity contribution < 1.29 is 4.79 Å². The van der Waals surface area contributed by atoms with Crippen LogP contribution in [0.15, 0.2) is 24.3 Å². The molecule has 1 fully saturated rings. The molecule has 1 atom stereocenters. The molecule has 1 heterocycles. The van der Waals surface area contributed by atoms with Crippen molar-refractivity contribution in [2.75, 3.05) is 18.4 Å². The number of carbonyl (C=O) groups is 1. The first-order valence-corrected chi connectivity index (χ1v) is 10.4. The summed E-state index contributed by atoms with van der Waals surface area (Å²) >= 11 is 0. The van der Waals surface area contributed by atoms with E-state index in [1.54, 1.807) is 0 Å². The lowest BCUT2D eigenvalue weighted by molar-refractivity contribution is -0.116. The summed E-state index contributed by atoms with van der Waals surface area (Å²) in [5.74, 6) is 0.644. The molecule has 1 saturated heterocycles. The van der Waals surface area contributed by atoms with E-state index in [4.69, 9.17) is 0 Å². The number of unbranched alkanes of at least 4 members (excludes halogenated alkanes) is 7. The van der Waals surface area contributed by atoms with Gasteiger partial charge in [-0.25, -0.2) is 0 Å². The molecule has 0 spiro atoms. The molecule has 1 aromatic rings. The van der Waals surface area contributed by atoms with Crippen molar-refractivity contribution in [1.29, 1.82) is 0 Å². The number of rotatable bonds is 12. The number of hydrogen-bond donors (Lipinski definition) is 2. The van der Waals surface area contributed by atoms with Gasteiger partial charge in [-0.3, -0.25) is 4.79 Å². The van der Waals surface area contributed by atoms with Gasteiger partial charge >= 0.3 is 0 Å². The topological polar surface area (TPSA) is 41.1 Å². The second-order valence-corrected chi connectivity index (χ2v) is 7.53. The standard InChI is InChI=1S/C22H36N2O/c1-2-3-4-5-6-7-8-9-10-19-11-13-21(14-12-19)24-22(25)17-20-15-16-23-18-20/h11-14,20,23H,2-10,15-18H2,1H3,(H,24,25). The van der Waals surface area contributed by atoms with E-state index in [-0.39, 0.29) is 5.91 Å². The molecule has 0 bridgehead atoms. The minimum Gasteiger partial charge on any atom is -0.326 e. The van der Waals surface area contributed by atoms with E-state index in [1.165, 1.54) is 56.9 Å². The monoisotopic (exact) mass is 344 g/mol. The molecule has 2 N–H and O–H groups in total. The predicted octanol–water partition coefficient (Wildman–Crippen LogP) is 5.31. The van der Waals surface area contributed by atoms with Crippen LogP contribution in [0.3, 0.4) is 0 Å². The fraction of sp³-hybridized carbons (Fsp3) is 0.682. The Morgan fingerprint density at radius 1 is 1.04 bits per heavy atom. The van der Waals surface area contributed by atoms with Crippen molar-refractivity contribution in [3.63, 3.8) is 0 Å². The minimum absolute atomic E-state index is 0.143. The Hall–Kier alpha value is -1.35. The highest BCUT2D eigenvalue weighted by atomic mass is 16.1. The first kappa shape index (κ1) is 20.0. The molecule has 0 aromatic heterocycles. The van der Waals surface area contributed by atoms with E-state index in [0.29, 0.717) is 12.3 Å². The van der Waals surface area contributed by atoms with Gasteiger partial charge in [0.25, 0.3) is 0 Å². The van der Waals surface area contributed by atoms with Crippen LogP contribution >= 0.6 is 0 Å². The molecule has 0 aliphatic carbocycles. The molecule has 140 valence electrons. The molecule has 2 rings (SSSR count). The second-order valence-electron chi connectivity index (χ2n) is 7.53. The lowest BCUT2D eigenvalue weighted by Crippen LogP contribution is -2.18. The highest BCUT2D eigenvalue weighted by Crippen LogP contribution is 2.16. The van der Waals surface area contributed by atoms with Crippen LogP contribution in [0.5, 0.6) is 0 Å². The molecule has 1 aliphatic heterocycles. The molecule has 0 saturated carbocycles. The highest BCUT2D eigenvalue weighted by Gasteiger charge is 2.17. The third-order valence-corrected chi connectivity index (χ3v) is 5.19. The van der Waals surface area contributed by atoms with Gasteiger partial charge in [-0.2, -0.15) is 0 Å². The lowest BCUT2D eigenvalue weighted by Gasteiger charge is -2.10. The van der Waals surface area contributed by atoms with Crippen molar-refractivity contribution in [3.05, 3.63) is 29.8 Å². The molecule has 1 aliphatic rings. The molecular weight excluding hydrogens is 308 g/mol. The Labute approximate surface area is 154 Å². The van der Waals surface area contributed by atoms with Crippen molar-refractivity contribution >= 4 is 11.6 Å². The smallest absolute Gasteiger partial charge is 0.224 e. The summed E-state index contributed by atoms with van der Waals surface area (Å²) in [5.41, 5.74) is 2.31. The van der Waals surface area contributed by atoms with Gasteiger partial charge < -0.3 is 10.6 Å². The van der Waals surface area contributed by atoms with E-state index in [0.717, 1.165) is 31.6 Å². The van der Waals surface area contributed by atoms with Gasteiger partial charge in [-0.1, -0.05) is 64.0 Å². The van der Waals surface area contributed by atoms with Gasteiger partial charge in [0.1, 0.15) is 0 Å². The Kier molecular flexibility index (Phi) is 9.65. The van der Waals surface area contributed by atoms with Crippen LogP contribution in [0.2, 0.25) is 0 Å². The molecule has 0 radical (unpaired) electrons. The van der Waals surface area contributed by atoms with Crippen LogP contribution in [0.1, 0.15) is 76.7 Å². The Bertz CT molecular complexity index is 477. The number of amides is 1. The maximum Gasteiger partial charge on any atom is 0.224 e. The highest BCUT2D eigenvalue weighted by molar-refractivity contribution is 5.90. The lowest BCUT2D eigenvalue weighted by atomic mass is 10.0. The number of benzene rings is 1. The van der Waals surface area contributed by atoms with Gasteiger partial charge in [-0.15, -0.1) is 0 Å². The maximum atomic E-state index is 12.1. The van der Waals surface area contributed by atoms with Gasteiger partial charge in [-0.05, 0) is 56.0 Å². The maximum absolute atomic E-state index is 12.1. The summed E-state index contributed by atoms with van der Waals surface area (Å²) in [6.45, 7) is 4.29. The number of hydrogen-bond acceptors (Lipinski definition) is 2. The van der Waals surface area contributed by atoms with Crippen LogP contribution < -0.4 is 10.6 Å². The van der Waals surface area contributed by atoms with Crippen LogP contribution in [0.4, 0.5) is 5.69 Å². The Balaban J connectivity index is 1.57. The average molecular weight is 345 g/mol. The second kappa shape index (κ2) is 12.1. The van der Waals surface area contributed by atoms with E-state index in [1.807, 2.05) is 12.1 Å². The molecule has 1 amide bonds. The summed E-state index contributed by atoms with van der Waals surface area (Å²) in [5, 5.41) is 6.34. The third kappa shape index (κ3) is 8.53. The van der Waals surface area contributed by atoms with Crippen molar-refractivity contribution in [2.24, 2.45) is 5.92 Å². The molecule has 3 heteroatoms. The van der Waals surface area contributed by atoms with Crippen molar-refractivity contribution in [1.82, 2.24) is 5.32 Å². The number of anilines is 1. The summed E-state index contributed by atoms with van der Waals surface area (Å²) in [7, 11) is 0. The van der Waals surface area contributed by atoms with Crippen LogP contribution in [-0.4, -0.2) is 19.0 Å². The molecule has 25 heavy (non-hydrogen) atoms. The van der Waals surface area contributed by atoms with Crippen molar-refractivity contribution in [3.8, 4) is 0 Å². The molecule has 3 nitrogen and oxygen atoms in total. The SMILES string of the molecule is CCCCCCCCCCc1ccc(NC(=O)CC2CCNC2)cc1. The van der Waals surface area contributed by atoms with Crippen LogP contribution in [-0.2, 0) is 11.2 Å². The minimum atomic E-state index is 0.143. The summed E-state index contributed by atoms with van der Waals surface area (Å²) in [4.78, 5) is 12.1. The van der Waals surface area contributed by atoms with E-state index in [9.17, 15) is 4.79 Å². The van der Waals surface area contributed by atoms with Gasteiger partial charge in [0, 0.05) is 12.1 Å². The van der Waals surface area contributed by atoms with Crippen molar-refractivity contribution in [2.45, 2.75) is 77.6 Å². The third-order valence-electron chi connectivity index (χ3n) is 5.19. The fourth-order valence-corrected chi connectivity index (χ4v) is 3.58. The number of nitrogens with one attached hydrogen (secondary N) is 2. The zero-order valence-corrected chi connectivity index (χ0v) is 16.0. The van der Waals surface area contributed by atoms with Crippen LogP contribution in [0.25, 0.3) is 0 Å². The Morgan fingerprint density at radius 3 is 2.36 bits per heavy atom. The zero-order valence-electron chi connectivity index (χ0n) is 16.0. The number of carbonyl (C=O) groups excluding carboxylic acids is 1. The first-order chi connectivity index (χ1) is 12.3.